The molecule has 46 heavy (non-hydrogen) atoms. The second kappa shape index (κ2) is 15.5. The summed E-state index contributed by atoms with van der Waals surface area (Å²) in [6.07, 6.45) is 0.166. The largest absolute Gasteiger partial charge is 0.495 e. The Kier molecular flexibility index (Phi) is 11.7. The first kappa shape index (κ1) is 34.8. The minimum Gasteiger partial charge on any atom is -0.495 e. The normalized spacial score (nSPS) is 11.9. The third-order valence-corrected chi connectivity index (χ3v) is 9.99. The minimum absolute atomic E-state index is 0.000260. The van der Waals surface area contributed by atoms with E-state index in [1.54, 1.807) is 55.5 Å². The number of hydrogen-bond acceptors (Lipinski definition) is 5. The van der Waals surface area contributed by atoms with Crippen LogP contribution < -0.4 is 14.4 Å². The molecule has 2 amide bonds. The molecule has 11 heteroatoms. The Hall–Kier alpha value is -4.05. The number of sulfonamides is 1. The van der Waals surface area contributed by atoms with Gasteiger partial charge >= 0.3 is 0 Å². The molecule has 242 valence electrons. The van der Waals surface area contributed by atoms with Crippen LogP contribution in [-0.4, -0.2) is 51.4 Å². The van der Waals surface area contributed by atoms with E-state index in [1.807, 2.05) is 44.2 Å². The van der Waals surface area contributed by atoms with Crippen LogP contribution in [0.15, 0.2) is 95.9 Å². The quantitative estimate of drug-likeness (QED) is 0.172. The van der Waals surface area contributed by atoms with Crippen LogP contribution in [0.25, 0.3) is 0 Å². The predicted octanol–water partition coefficient (Wildman–Crippen LogP) is 6.59. The highest BCUT2D eigenvalue weighted by Crippen LogP contribution is 2.34. The fraction of sp³-hybridized carbons (Fsp3) is 0.257. The Morgan fingerprint density at radius 1 is 0.870 bits per heavy atom. The number of anilines is 1. The summed E-state index contributed by atoms with van der Waals surface area (Å²) in [5.74, 6) is -0.772. The van der Waals surface area contributed by atoms with Crippen LogP contribution in [0.1, 0.15) is 29.2 Å². The molecule has 0 unspecified atom stereocenters. The van der Waals surface area contributed by atoms with Crippen molar-refractivity contribution in [2.75, 3.05) is 24.5 Å². The van der Waals surface area contributed by atoms with Gasteiger partial charge < -0.3 is 15.0 Å². The van der Waals surface area contributed by atoms with E-state index in [4.69, 9.17) is 27.9 Å². The molecule has 0 saturated carbocycles. The molecule has 1 atom stereocenters. The Morgan fingerprint density at radius 2 is 1.50 bits per heavy atom. The number of ether oxygens (including phenoxy) is 1. The average Bonchev–Trinajstić information content (AvgIpc) is 3.03. The molecule has 0 radical (unpaired) electrons. The maximum atomic E-state index is 14.6. The number of likely N-dealkylation sites (N-methyl/N-ethyl adjacent to an activating group) is 1. The number of rotatable bonds is 13. The Bertz CT molecular complexity index is 1760. The predicted molar refractivity (Wildman–Crippen MR) is 183 cm³/mol. The zero-order valence-corrected chi connectivity index (χ0v) is 28.5. The van der Waals surface area contributed by atoms with E-state index in [9.17, 15) is 18.0 Å². The van der Waals surface area contributed by atoms with Crippen molar-refractivity contribution in [2.45, 2.75) is 44.7 Å². The molecule has 0 bridgehead atoms. The Balaban J connectivity index is 1.88. The number of nitrogens with one attached hydrogen (secondary N) is 1. The molecule has 4 aromatic rings. The number of carbonyl (C=O) groups excluding carboxylic acids is 2. The monoisotopic (exact) mass is 681 g/mol. The van der Waals surface area contributed by atoms with E-state index in [1.165, 1.54) is 24.1 Å². The number of methoxy groups -OCH3 is 1. The fourth-order valence-corrected chi connectivity index (χ4v) is 6.98. The summed E-state index contributed by atoms with van der Waals surface area (Å²) in [5.41, 5.74) is 3.07. The van der Waals surface area contributed by atoms with Crippen molar-refractivity contribution in [3.63, 3.8) is 0 Å². The van der Waals surface area contributed by atoms with Crippen molar-refractivity contribution < 1.29 is 22.7 Å². The maximum Gasteiger partial charge on any atom is 0.264 e. The molecule has 0 aliphatic heterocycles. The summed E-state index contributed by atoms with van der Waals surface area (Å²) < 4.78 is 35.2. The highest BCUT2D eigenvalue weighted by Gasteiger charge is 2.36. The van der Waals surface area contributed by atoms with Gasteiger partial charge in [0, 0.05) is 35.1 Å². The van der Waals surface area contributed by atoms with Crippen LogP contribution in [0.3, 0.4) is 0 Å². The zero-order valence-electron chi connectivity index (χ0n) is 26.2. The molecule has 0 saturated heterocycles. The van der Waals surface area contributed by atoms with Gasteiger partial charge in [0.2, 0.25) is 11.8 Å². The molecular weight excluding hydrogens is 645 g/mol. The standard InChI is InChI=1S/C35H37Cl2N3O5S/c1-5-38-35(42)32(21-26-10-7-6-8-11-26)39(22-28-29(36)12-9-13-30(28)37)34(41)23-40(31-20-25(3)16-19-33(31)45-4)46(43,44)27-17-14-24(2)15-18-27/h6-20,32H,5,21-23H2,1-4H3,(H,38,42)/t32-/m0/s1. The lowest BCUT2D eigenvalue weighted by molar-refractivity contribution is -0.140. The molecule has 8 nitrogen and oxygen atoms in total. The number of halogens is 2. The van der Waals surface area contributed by atoms with Crippen molar-refractivity contribution in [3.8, 4) is 5.75 Å². The number of benzene rings is 4. The van der Waals surface area contributed by atoms with Crippen molar-refractivity contribution in [1.29, 1.82) is 0 Å². The summed E-state index contributed by atoms with van der Waals surface area (Å²) in [6, 6.07) is 24.7. The van der Waals surface area contributed by atoms with Gasteiger partial charge in [0.1, 0.15) is 18.3 Å². The van der Waals surface area contributed by atoms with Crippen LogP contribution in [0, 0.1) is 13.8 Å². The molecule has 0 fully saturated rings. The van der Waals surface area contributed by atoms with Crippen molar-refractivity contribution in [2.24, 2.45) is 0 Å². The van der Waals surface area contributed by atoms with Crippen LogP contribution in [-0.2, 0) is 32.6 Å². The fourth-order valence-electron chi connectivity index (χ4n) is 5.05. The second-order valence-corrected chi connectivity index (χ2v) is 13.5. The highest BCUT2D eigenvalue weighted by molar-refractivity contribution is 7.92. The summed E-state index contributed by atoms with van der Waals surface area (Å²) in [6.45, 7) is 5.01. The molecule has 4 aromatic carbocycles. The van der Waals surface area contributed by atoms with Gasteiger partial charge in [-0.05, 0) is 68.3 Å². The first-order valence-corrected chi connectivity index (χ1v) is 16.9. The number of nitrogens with zero attached hydrogens (tertiary/aromatic N) is 2. The van der Waals surface area contributed by atoms with Crippen molar-refractivity contribution >= 4 is 50.7 Å². The first-order valence-electron chi connectivity index (χ1n) is 14.7. The van der Waals surface area contributed by atoms with Gasteiger partial charge in [0.05, 0.1) is 17.7 Å². The van der Waals surface area contributed by atoms with Crippen molar-refractivity contribution in [3.05, 3.63) is 123 Å². The maximum absolute atomic E-state index is 14.6. The number of hydrogen-bond donors (Lipinski definition) is 1. The minimum atomic E-state index is -4.30. The summed E-state index contributed by atoms with van der Waals surface area (Å²) in [7, 11) is -2.87. The third-order valence-electron chi connectivity index (χ3n) is 7.50. The van der Waals surface area contributed by atoms with E-state index >= 15 is 0 Å². The molecule has 1 N–H and O–H groups in total. The van der Waals surface area contributed by atoms with Crippen LogP contribution >= 0.6 is 23.2 Å². The molecule has 0 spiro atoms. The third kappa shape index (κ3) is 8.20. The lowest BCUT2D eigenvalue weighted by atomic mass is 10.0. The van der Waals surface area contributed by atoms with E-state index < -0.39 is 34.4 Å². The molecule has 0 aliphatic carbocycles. The van der Waals surface area contributed by atoms with E-state index in [0.29, 0.717) is 22.2 Å². The van der Waals surface area contributed by atoms with E-state index in [-0.39, 0.29) is 29.3 Å². The van der Waals surface area contributed by atoms with Crippen LogP contribution in [0.4, 0.5) is 5.69 Å². The summed E-state index contributed by atoms with van der Waals surface area (Å²) in [5, 5.41) is 3.46. The van der Waals surface area contributed by atoms with Gasteiger partial charge in [-0.15, -0.1) is 0 Å². The smallest absolute Gasteiger partial charge is 0.264 e. The van der Waals surface area contributed by atoms with Crippen LogP contribution in [0.2, 0.25) is 10.0 Å². The van der Waals surface area contributed by atoms with Gasteiger partial charge in [-0.3, -0.25) is 13.9 Å². The van der Waals surface area contributed by atoms with Gasteiger partial charge in [-0.2, -0.15) is 0 Å². The first-order chi connectivity index (χ1) is 22.0. The SMILES string of the molecule is CCNC(=O)[C@H](Cc1ccccc1)N(Cc1c(Cl)cccc1Cl)C(=O)CN(c1cc(C)ccc1OC)S(=O)(=O)c1ccc(C)cc1. The number of carbonyl (C=O) groups is 2. The Morgan fingerprint density at radius 3 is 2.11 bits per heavy atom. The molecule has 0 heterocycles. The lowest BCUT2D eigenvalue weighted by Gasteiger charge is -2.34. The molecule has 0 aromatic heterocycles. The lowest BCUT2D eigenvalue weighted by Crippen LogP contribution is -2.53. The van der Waals surface area contributed by atoms with Crippen LogP contribution in [0.5, 0.6) is 5.75 Å². The summed E-state index contributed by atoms with van der Waals surface area (Å²) >= 11 is 13.1. The molecular formula is C35H37Cl2N3O5S. The van der Waals surface area contributed by atoms with Gasteiger partial charge in [0.15, 0.2) is 0 Å². The highest BCUT2D eigenvalue weighted by atomic mass is 35.5. The zero-order chi connectivity index (χ0) is 33.4. The average molecular weight is 683 g/mol. The molecule has 4 rings (SSSR count). The molecule has 0 aliphatic rings. The van der Waals surface area contributed by atoms with E-state index in [2.05, 4.69) is 5.32 Å². The van der Waals surface area contributed by atoms with E-state index in [0.717, 1.165) is 21.0 Å². The van der Waals surface area contributed by atoms with Gasteiger partial charge in [-0.1, -0.05) is 83.4 Å². The van der Waals surface area contributed by atoms with Crippen molar-refractivity contribution in [1.82, 2.24) is 10.2 Å². The van der Waals surface area contributed by atoms with Gasteiger partial charge in [-0.25, -0.2) is 8.42 Å². The number of aryl methyl sites for hydroxylation is 2. The summed E-state index contributed by atoms with van der Waals surface area (Å²) in [4.78, 5) is 29.7. The Labute approximate surface area is 280 Å². The topological polar surface area (TPSA) is 96.0 Å². The number of amides is 2. The second-order valence-electron chi connectivity index (χ2n) is 10.8. The van der Waals surface area contributed by atoms with Gasteiger partial charge in [0.25, 0.3) is 10.0 Å².